The van der Waals surface area contributed by atoms with Crippen molar-refractivity contribution in [3.05, 3.63) is 34.9 Å². The number of rotatable bonds is 6. The molecular formula is C14H21ClN2O2. The van der Waals surface area contributed by atoms with Crippen molar-refractivity contribution >= 4 is 17.7 Å². The third kappa shape index (κ3) is 4.73. The zero-order chi connectivity index (χ0) is 14.3. The lowest BCUT2D eigenvalue weighted by molar-refractivity contribution is 0.160. The van der Waals surface area contributed by atoms with Gasteiger partial charge >= 0.3 is 6.09 Å². The van der Waals surface area contributed by atoms with E-state index < -0.39 is 6.09 Å². The van der Waals surface area contributed by atoms with Crippen molar-refractivity contribution < 1.29 is 9.53 Å². The van der Waals surface area contributed by atoms with Crippen LogP contribution in [0.4, 0.5) is 4.79 Å². The van der Waals surface area contributed by atoms with E-state index >= 15 is 0 Å². The topological polar surface area (TPSA) is 41.6 Å². The van der Waals surface area contributed by atoms with Gasteiger partial charge in [0.15, 0.2) is 0 Å². The molecule has 0 saturated heterocycles. The molecule has 0 aliphatic rings. The predicted octanol–water partition coefficient (Wildman–Crippen LogP) is 3.08. The number of nitrogens with one attached hydrogen (secondary N) is 1. The van der Waals surface area contributed by atoms with E-state index in [1.165, 1.54) is 7.11 Å². The predicted molar refractivity (Wildman–Crippen MR) is 77.5 cm³/mol. The summed E-state index contributed by atoms with van der Waals surface area (Å²) in [4.78, 5) is 13.5. The third-order valence-corrected chi connectivity index (χ3v) is 3.39. The number of carbonyl (C=O) groups is 1. The molecule has 1 aromatic rings. The van der Waals surface area contributed by atoms with Gasteiger partial charge in [-0.1, -0.05) is 37.6 Å². The molecule has 0 heterocycles. The van der Waals surface area contributed by atoms with Gasteiger partial charge in [0.05, 0.1) is 13.2 Å². The number of benzene rings is 1. The minimum absolute atomic E-state index is 0.117. The smallest absolute Gasteiger partial charge is 0.406 e. The van der Waals surface area contributed by atoms with Crippen LogP contribution in [0.3, 0.4) is 0 Å². The minimum atomic E-state index is -0.411. The van der Waals surface area contributed by atoms with Crippen LogP contribution >= 0.6 is 11.6 Å². The first-order chi connectivity index (χ1) is 9.12. The molecule has 19 heavy (non-hydrogen) atoms. The van der Waals surface area contributed by atoms with Gasteiger partial charge in [-0.25, -0.2) is 4.79 Å². The molecule has 0 fully saturated rings. The van der Waals surface area contributed by atoms with Crippen molar-refractivity contribution in [3.8, 4) is 0 Å². The highest BCUT2D eigenvalue weighted by Gasteiger charge is 2.18. The van der Waals surface area contributed by atoms with Crippen molar-refractivity contribution in [2.45, 2.75) is 19.9 Å². The lowest BCUT2D eigenvalue weighted by Crippen LogP contribution is -2.38. The average Bonchev–Trinajstić information content (AvgIpc) is 2.44. The van der Waals surface area contributed by atoms with Crippen molar-refractivity contribution in [1.29, 1.82) is 0 Å². The van der Waals surface area contributed by atoms with Gasteiger partial charge in [0, 0.05) is 11.6 Å². The number of methoxy groups -OCH3 is 1. The van der Waals surface area contributed by atoms with E-state index in [0.29, 0.717) is 11.6 Å². The fraction of sp³-hybridized carbons (Fsp3) is 0.500. The maximum absolute atomic E-state index is 11.2. The molecule has 0 aliphatic carbocycles. The van der Waals surface area contributed by atoms with E-state index in [2.05, 4.69) is 28.8 Å². The van der Waals surface area contributed by atoms with E-state index in [1.807, 2.05) is 24.3 Å². The molecule has 1 amide bonds. The number of halogens is 1. The number of carbonyl (C=O) groups excluding carboxylic acids is 1. The van der Waals surface area contributed by atoms with Crippen LogP contribution in [0.1, 0.15) is 25.5 Å². The van der Waals surface area contributed by atoms with Gasteiger partial charge in [-0.2, -0.15) is 0 Å². The molecule has 1 atom stereocenters. The summed E-state index contributed by atoms with van der Waals surface area (Å²) in [6, 6.07) is 7.83. The van der Waals surface area contributed by atoms with Gasteiger partial charge < -0.3 is 10.1 Å². The van der Waals surface area contributed by atoms with Crippen LogP contribution in [0.5, 0.6) is 0 Å². The van der Waals surface area contributed by atoms with Crippen LogP contribution in [0, 0.1) is 0 Å². The Kier molecular flexibility index (Phi) is 6.67. The molecule has 0 saturated carbocycles. The molecule has 4 nitrogen and oxygen atoms in total. The van der Waals surface area contributed by atoms with Gasteiger partial charge in [0.25, 0.3) is 0 Å². The number of alkyl carbamates (subject to hydrolysis) is 1. The molecule has 106 valence electrons. The van der Waals surface area contributed by atoms with Gasteiger partial charge in [-0.05, 0) is 30.8 Å². The second kappa shape index (κ2) is 8.02. The van der Waals surface area contributed by atoms with Crippen LogP contribution in [-0.2, 0) is 4.74 Å². The van der Waals surface area contributed by atoms with E-state index in [0.717, 1.165) is 18.7 Å². The highest BCUT2D eigenvalue weighted by atomic mass is 35.5. The standard InChI is InChI=1S/C14H21ClN2O2/c1-4-17(5-2)13(10-16-14(18)19-3)11-6-8-12(15)9-7-11/h6-9,13H,4-5,10H2,1-3H3,(H,16,18). The first-order valence-electron chi connectivity index (χ1n) is 6.43. The summed E-state index contributed by atoms with van der Waals surface area (Å²) in [5.41, 5.74) is 1.13. The summed E-state index contributed by atoms with van der Waals surface area (Å²) in [7, 11) is 1.37. The fourth-order valence-corrected chi connectivity index (χ4v) is 2.19. The summed E-state index contributed by atoms with van der Waals surface area (Å²) < 4.78 is 4.61. The minimum Gasteiger partial charge on any atom is -0.453 e. The molecule has 0 bridgehead atoms. The van der Waals surface area contributed by atoms with Gasteiger partial charge in [-0.3, -0.25) is 4.90 Å². The summed E-state index contributed by atoms with van der Waals surface area (Å²) in [5, 5.41) is 3.47. The maximum atomic E-state index is 11.2. The number of likely N-dealkylation sites (N-methyl/N-ethyl adjacent to an activating group) is 1. The first-order valence-corrected chi connectivity index (χ1v) is 6.81. The van der Waals surface area contributed by atoms with Crippen molar-refractivity contribution in [2.24, 2.45) is 0 Å². The number of hydrogen-bond donors (Lipinski definition) is 1. The largest absolute Gasteiger partial charge is 0.453 e. The zero-order valence-electron chi connectivity index (χ0n) is 11.6. The van der Waals surface area contributed by atoms with Crippen LogP contribution < -0.4 is 5.32 Å². The number of nitrogens with zero attached hydrogens (tertiary/aromatic N) is 1. The third-order valence-electron chi connectivity index (χ3n) is 3.13. The Morgan fingerprint density at radius 2 is 1.89 bits per heavy atom. The van der Waals surface area contributed by atoms with Gasteiger partial charge in [0.2, 0.25) is 0 Å². The molecule has 0 aromatic heterocycles. The van der Waals surface area contributed by atoms with Crippen molar-refractivity contribution in [3.63, 3.8) is 0 Å². The van der Waals surface area contributed by atoms with E-state index in [4.69, 9.17) is 11.6 Å². The number of ether oxygens (including phenoxy) is 1. The quantitative estimate of drug-likeness (QED) is 0.873. The summed E-state index contributed by atoms with van der Waals surface area (Å²) in [6.45, 7) is 6.53. The van der Waals surface area contributed by atoms with E-state index in [-0.39, 0.29) is 6.04 Å². The van der Waals surface area contributed by atoms with Crippen LogP contribution in [0.2, 0.25) is 5.02 Å². The van der Waals surface area contributed by atoms with Crippen molar-refractivity contribution in [1.82, 2.24) is 10.2 Å². The van der Waals surface area contributed by atoms with Crippen LogP contribution in [0.25, 0.3) is 0 Å². The summed E-state index contributed by atoms with van der Waals surface area (Å²) in [6.07, 6.45) is -0.411. The first kappa shape index (κ1) is 15.8. The van der Waals surface area contributed by atoms with Crippen molar-refractivity contribution in [2.75, 3.05) is 26.7 Å². The Morgan fingerprint density at radius 3 is 2.37 bits per heavy atom. The molecule has 0 spiro atoms. The zero-order valence-corrected chi connectivity index (χ0v) is 12.4. The Labute approximate surface area is 119 Å². The Hall–Kier alpha value is -1.26. The molecule has 0 radical (unpaired) electrons. The van der Waals surface area contributed by atoms with E-state index in [1.54, 1.807) is 0 Å². The lowest BCUT2D eigenvalue weighted by atomic mass is 10.1. The second-order valence-corrected chi connectivity index (χ2v) is 4.60. The summed E-state index contributed by atoms with van der Waals surface area (Å²) >= 11 is 5.91. The molecule has 5 heteroatoms. The summed E-state index contributed by atoms with van der Waals surface area (Å²) in [5.74, 6) is 0. The molecule has 1 N–H and O–H groups in total. The Balaban J connectivity index is 2.84. The molecule has 1 unspecified atom stereocenters. The van der Waals surface area contributed by atoms with Gasteiger partial charge in [-0.15, -0.1) is 0 Å². The maximum Gasteiger partial charge on any atom is 0.406 e. The molecule has 1 aromatic carbocycles. The lowest BCUT2D eigenvalue weighted by Gasteiger charge is -2.30. The van der Waals surface area contributed by atoms with E-state index in [9.17, 15) is 4.79 Å². The van der Waals surface area contributed by atoms with Gasteiger partial charge in [0.1, 0.15) is 0 Å². The fourth-order valence-electron chi connectivity index (χ4n) is 2.06. The molecule has 0 aliphatic heterocycles. The SMILES string of the molecule is CCN(CC)C(CNC(=O)OC)c1ccc(Cl)cc1. The monoisotopic (exact) mass is 284 g/mol. The van der Waals surface area contributed by atoms with Crippen LogP contribution in [-0.4, -0.2) is 37.7 Å². The highest BCUT2D eigenvalue weighted by Crippen LogP contribution is 2.21. The normalized spacial score (nSPS) is 12.3. The second-order valence-electron chi connectivity index (χ2n) is 4.16. The Morgan fingerprint density at radius 1 is 1.32 bits per heavy atom. The average molecular weight is 285 g/mol. The Bertz CT molecular complexity index is 391. The number of amides is 1. The van der Waals surface area contributed by atoms with Crippen LogP contribution in [0.15, 0.2) is 24.3 Å². The molecule has 1 rings (SSSR count). The highest BCUT2D eigenvalue weighted by molar-refractivity contribution is 6.30. The molecular weight excluding hydrogens is 264 g/mol. The number of hydrogen-bond acceptors (Lipinski definition) is 3.